The second kappa shape index (κ2) is 10.6. The van der Waals surface area contributed by atoms with Gasteiger partial charge >= 0.3 is 11.6 Å². The summed E-state index contributed by atoms with van der Waals surface area (Å²) in [6, 6.07) is 20.4. The summed E-state index contributed by atoms with van der Waals surface area (Å²) in [7, 11) is 1.50. The lowest BCUT2D eigenvalue weighted by molar-refractivity contribution is -0.119. The van der Waals surface area contributed by atoms with E-state index in [4.69, 9.17) is 18.6 Å². The molecule has 0 aliphatic carbocycles. The number of anilines is 1. The number of rotatable bonds is 8. The van der Waals surface area contributed by atoms with Crippen molar-refractivity contribution >= 4 is 28.5 Å². The lowest BCUT2D eigenvalue weighted by atomic mass is 10.1. The predicted octanol–water partition coefficient (Wildman–Crippen LogP) is 4.48. The number of fused-ring (bicyclic) bond motifs is 1. The number of methoxy groups -OCH3 is 1. The molecule has 35 heavy (non-hydrogen) atoms. The maximum Gasteiger partial charge on any atom is 0.338 e. The zero-order valence-corrected chi connectivity index (χ0v) is 19.2. The molecule has 1 amide bonds. The van der Waals surface area contributed by atoms with Gasteiger partial charge in [-0.15, -0.1) is 0 Å². The molecule has 0 saturated carbocycles. The first-order valence-corrected chi connectivity index (χ1v) is 10.8. The van der Waals surface area contributed by atoms with Crippen molar-refractivity contribution in [1.29, 1.82) is 0 Å². The van der Waals surface area contributed by atoms with E-state index in [1.54, 1.807) is 60.7 Å². The van der Waals surface area contributed by atoms with E-state index in [1.807, 2.05) is 13.0 Å². The summed E-state index contributed by atoms with van der Waals surface area (Å²) in [4.78, 5) is 36.0. The molecule has 0 bridgehead atoms. The van der Waals surface area contributed by atoms with Gasteiger partial charge in [0.1, 0.15) is 23.7 Å². The zero-order chi connectivity index (χ0) is 24.8. The molecular weight excluding hydrogens is 450 g/mol. The van der Waals surface area contributed by atoms with E-state index in [0.717, 1.165) is 16.5 Å². The average Bonchev–Trinajstić information content (AvgIpc) is 2.86. The SMILES string of the molecule is COc1ccccc1NC(=O)COC(=O)c1ccc(COc2ccc3c(C)cc(=O)oc3c2)cc1. The van der Waals surface area contributed by atoms with Gasteiger partial charge in [-0.25, -0.2) is 9.59 Å². The Morgan fingerprint density at radius 2 is 1.74 bits per heavy atom. The van der Waals surface area contributed by atoms with Gasteiger partial charge in [0.2, 0.25) is 0 Å². The van der Waals surface area contributed by atoms with Crippen molar-refractivity contribution in [2.24, 2.45) is 0 Å². The van der Waals surface area contributed by atoms with Crippen LogP contribution in [0.3, 0.4) is 0 Å². The fourth-order valence-corrected chi connectivity index (χ4v) is 3.45. The monoisotopic (exact) mass is 473 g/mol. The molecule has 4 aromatic rings. The Bertz CT molecular complexity index is 1420. The lowest BCUT2D eigenvalue weighted by Crippen LogP contribution is -2.21. The Hall–Kier alpha value is -4.59. The van der Waals surface area contributed by atoms with Crippen LogP contribution in [0.5, 0.6) is 11.5 Å². The quantitative estimate of drug-likeness (QED) is 0.297. The van der Waals surface area contributed by atoms with Crippen molar-refractivity contribution in [1.82, 2.24) is 0 Å². The molecule has 0 radical (unpaired) electrons. The number of aryl methyl sites for hydroxylation is 1. The number of carbonyl (C=O) groups excluding carboxylic acids is 2. The number of carbonyl (C=O) groups is 2. The number of esters is 1. The van der Waals surface area contributed by atoms with Gasteiger partial charge in [0.25, 0.3) is 5.91 Å². The van der Waals surface area contributed by atoms with Crippen LogP contribution in [-0.4, -0.2) is 25.6 Å². The number of nitrogens with one attached hydrogen (secondary N) is 1. The summed E-state index contributed by atoms with van der Waals surface area (Å²) >= 11 is 0. The van der Waals surface area contributed by atoms with Crippen molar-refractivity contribution in [3.8, 4) is 11.5 Å². The molecule has 8 heteroatoms. The summed E-state index contributed by atoms with van der Waals surface area (Å²) in [5.41, 5.74) is 2.50. The molecule has 0 saturated heterocycles. The van der Waals surface area contributed by atoms with Crippen molar-refractivity contribution in [3.63, 3.8) is 0 Å². The van der Waals surface area contributed by atoms with Crippen LogP contribution in [0.4, 0.5) is 5.69 Å². The number of amides is 1. The van der Waals surface area contributed by atoms with Crippen LogP contribution >= 0.6 is 0 Å². The molecule has 0 unspecified atom stereocenters. The fraction of sp³-hybridized carbons (Fsp3) is 0.148. The van der Waals surface area contributed by atoms with Crippen LogP contribution in [0.2, 0.25) is 0 Å². The Labute approximate surface area is 201 Å². The molecule has 4 rings (SSSR count). The molecule has 0 aliphatic rings. The molecule has 8 nitrogen and oxygen atoms in total. The largest absolute Gasteiger partial charge is 0.495 e. The third kappa shape index (κ3) is 5.86. The Balaban J connectivity index is 1.30. The molecule has 1 N–H and O–H groups in total. The highest BCUT2D eigenvalue weighted by atomic mass is 16.5. The second-order valence-corrected chi connectivity index (χ2v) is 7.72. The number of hydrogen-bond donors (Lipinski definition) is 1. The molecule has 0 fully saturated rings. The molecule has 178 valence electrons. The van der Waals surface area contributed by atoms with Crippen LogP contribution in [0.25, 0.3) is 11.0 Å². The normalized spacial score (nSPS) is 10.6. The smallest absolute Gasteiger partial charge is 0.338 e. The van der Waals surface area contributed by atoms with E-state index >= 15 is 0 Å². The maximum atomic E-state index is 12.3. The lowest BCUT2D eigenvalue weighted by Gasteiger charge is -2.10. The van der Waals surface area contributed by atoms with Gasteiger partial charge in [0.05, 0.1) is 18.4 Å². The van der Waals surface area contributed by atoms with E-state index in [9.17, 15) is 14.4 Å². The first-order chi connectivity index (χ1) is 16.9. The summed E-state index contributed by atoms with van der Waals surface area (Å²) < 4.78 is 21.3. The standard InChI is InChI=1S/C27H23NO7/c1-17-13-26(30)35-24-14-20(11-12-21(17)24)33-15-18-7-9-19(10-8-18)27(31)34-16-25(29)28-22-5-3-4-6-23(22)32-2/h3-14H,15-16H2,1-2H3,(H,28,29). The molecule has 3 aromatic carbocycles. The minimum Gasteiger partial charge on any atom is -0.495 e. The van der Waals surface area contributed by atoms with Crippen LogP contribution in [0.1, 0.15) is 21.5 Å². The van der Waals surface area contributed by atoms with Crippen molar-refractivity contribution in [3.05, 3.63) is 99.9 Å². The van der Waals surface area contributed by atoms with Crippen molar-refractivity contribution in [2.45, 2.75) is 13.5 Å². The highest BCUT2D eigenvalue weighted by molar-refractivity contribution is 5.96. The van der Waals surface area contributed by atoms with Crippen LogP contribution in [0.15, 0.2) is 82.0 Å². The molecule has 0 spiro atoms. The van der Waals surface area contributed by atoms with Gasteiger partial charge in [-0.2, -0.15) is 0 Å². The van der Waals surface area contributed by atoms with Crippen molar-refractivity contribution in [2.75, 3.05) is 19.0 Å². The molecule has 1 aromatic heterocycles. The summed E-state index contributed by atoms with van der Waals surface area (Å²) in [5.74, 6) is -0.0361. The zero-order valence-electron chi connectivity index (χ0n) is 19.2. The van der Waals surface area contributed by atoms with Gasteiger partial charge in [-0.05, 0) is 54.4 Å². The summed E-state index contributed by atoms with van der Waals surface area (Å²) in [6.45, 7) is 1.66. The van der Waals surface area contributed by atoms with Crippen molar-refractivity contribution < 1.29 is 28.2 Å². The van der Waals surface area contributed by atoms with Crippen LogP contribution < -0.4 is 20.4 Å². The van der Waals surface area contributed by atoms with Crippen LogP contribution in [0, 0.1) is 6.92 Å². The van der Waals surface area contributed by atoms with E-state index < -0.39 is 24.1 Å². The highest BCUT2D eigenvalue weighted by Crippen LogP contribution is 2.24. The van der Waals surface area contributed by atoms with E-state index in [1.165, 1.54) is 13.2 Å². The number of ether oxygens (including phenoxy) is 3. The van der Waals surface area contributed by atoms with Gasteiger partial charge < -0.3 is 23.9 Å². The first kappa shape index (κ1) is 23.6. The summed E-state index contributed by atoms with van der Waals surface area (Å²) in [5, 5.41) is 3.49. The average molecular weight is 473 g/mol. The number of benzene rings is 3. The van der Waals surface area contributed by atoms with Gasteiger partial charge in [-0.1, -0.05) is 24.3 Å². The van der Waals surface area contributed by atoms with Gasteiger partial charge in [-0.3, -0.25) is 4.79 Å². The van der Waals surface area contributed by atoms with Gasteiger partial charge in [0, 0.05) is 17.5 Å². The molecule has 1 heterocycles. The van der Waals surface area contributed by atoms with E-state index in [2.05, 4.69) is 5.32 Å². The fourth-order valence-electron chi connectivity index (χ4n) is 3.45. The topological polar surface area (TPSA) is 104 Å². The Kier molecular flexibility index (Phi) is 7.11. The molecule has 0 atom stereocenters. The Morgan fingerprint density at radius 1 is 0.971 bits per heavy atom. The minimum absolute atomic E-state index is 0.248. The van der Waals surface area contributed by atoms with E-state index in [-0.39, 0.29) is 6.61 Å². The third-order valence-electron chi connectivity index (χ3n) is 5.23. The van der Waals surface area contributed by atoms with E-state index in [0.29, 0.717) is 28.3 Å². The molecular formula is C27H23NO7. The molecule has 0 aliphatic heterocycles. The van der Waals surface area contributed by atoms with Crippen LogP contribution in [-0.2, 0) is 16.1 Å². The highest BCUT2D eigenvalue weighted by Gasteiger charge is 2.12. The summed E-state index contributed by atoms with van der Waals surface area (Å²) in [6.07, 6.45) is 0. The minimum atomic E-state index is -0.618. The predicted molar refractivity (Wildman–Crippen MR) is 130 cm³/mol. The second-order valence-electron chi connectivity index (χ2n) is 7.72. The maximum absolute atomic E-state index is 12.3. The number of hydrogen-bond acceptors (Lipinski definition) is 7. The third-order valence-corrected chi connectivity index (χ3v) is 5.23. The first-order valence-electron chi connectivity index (χ1n) is 10.8. The number of para-hydroxylation sites is 2. The van der Waals surface area contributed by atoms with Gasteiger partial charge in [0.15, 0.2) is 6.61 Å². The Morgan fingerprint density at radius 3 is 2.51 bits per heavy atom.